The Bertz CT molecular complexity index is 1130. The Kier molecular flexibility index (Phi) is 5.68. The molecule has 0 aliphatic carbocycles. The van der Waals surface area contributed by atoms with Crippen molar-refractivity contribution in [2.75, 3.05) is 0 Å². The van der Waals surface area contributed by atoms with Gasteiger partial charge >= 0.3 is 5.63 Å². The summed E-state index contributed by atoms with van der Waals surface area (Å²) in [5.74, 6) is -2.03. The van der Waals surface area contributed by atoms with E-state index in [4.69, 9.17) is 4.42 Å². The number of carbonyl (C=O) groups is 2. The van der Waals surface area contributed by atoms with E-state index in [0.717, 1.165) is 5.56 Å². The average Bonchev–Trinajstić information content (AvgIpc) is 2.68. The molecule has 0 saturated heterocycles. The van der Waals surface area contributed by atoms with E-state index in [1.807, 2.05) is 0 Å². The molecule has 2 N–H and O–H groups in total. The molecule has 3 aromatic rings. The van der Waals surface area contributed by atoms with Crippen LogP contribution >= 0.6 is 0 Å². The molecule has 0 radical (unpaired) electrons. The zero-order chi connectivity index (χ0) is 21.1. The fourth-order valence-corrected chi connectivity index (χ4v) is 3.23. The van der Waals surface area contributed by atoms with Crippen LogP contribution < -0.4 is 16.0 Å². The van der Waals surface area contributed by atoms with Gasteiger partial charge in [0.25, 0.3) is 0 Å². The number of aryl methyl sites for hydroxylation is 2. The second kappa shape index (κ2) is 8.18. The number of rotatable bonds is 6. The second-order valence-electron chi connectivity index (χ2n) is 6.89. The summed E-state index contributed by atoms with van der Waals surface area (Å²) in [4.78, 5) is 36.3. The molecular weight excluding hydrogens is 374 g/mol. The predicted molar refractivity (Wildman–Crippen MR) is 104 cm³/mol. The summed E-state index contributed by atoms with van der Waals surface area (Å²) in [6.07, 6.45) is -0.263. The second-order valence-corrected chi connectivity index (χ2v) is 6.89. The van der Waals surface area contributed by atoms with E-state index >= 15 is 0 Å². The van der Waals surface area contributed by atoms with Crippen molar-refractivity contribution in [1.29, 1.82) is 0 Å². The highest BCUT2D eigenvalue weighted by Crippen LogP contribution is 2.28. The third-order valence-corrected chi connectivity index (χ3v) is 4.91. The van der Waals surface area contributed by atoms with Gasteiger partial charge in [-0.1, -0.05) is 30.3 Å². The fourth-order valence-electron chi connectivity index (χ4n) is 3.23. The molecule has 0 aliphatic heterocycles. The van der Waals surface area contributed by atoms with Gasteiger partial charge < -0.3 is 24.7 Å². The first kappa shape index (κ1) is 20.1. The first-order valence-electron chi connectivity index (χ1n) is 9.07. The van der Waals surface area contributed by atoms with E-state index in [9.17, 15) is 24.6 Å². The molecule has 0 unspecified atom stereocenters. The van der Waals surface area contributed by atoms with Crippen molar-refractivity contribution >= 4 is 22.8 Å². The van der Waals surface area contributed by atoms with Crippen molar-refractivity contribution in [1.82, 2.24) is 5.32 Å². The number of hydrogen-bond donors (Lipinski definition) is 2. The minimum Gasteiger partial charge on any atom is -0.548 e. The number of carboxylic acids is 1. The lowest BCUT2D eigenvalue weighted by Gasteiger charge is -2.20. The van der Waals surface area contributed by atoms with Gasteiger partial charge in [-0.05, 0) is 43.5 Å². The molecular formula is C22H20NO6-. The Hall–Kier alpha value is -3.61. The van der Waals surface area contributed by atoms with Gasteiger partial charge in [-0.25, -0.2) is 4.79 Å². The van der Waals surface area contributed by atoms with Gasteiger partial charge in [-0.3, -0.25) is 4.79 Å². The summed E-state index contributed by atoms with van der Waals surface area (Å²) in [5, 5.41) is 24.3. The molecule has 2 aromatic carbocycles. The van der Waals surface area contributed by atoms with Gasteiger partial charge in [0.15, 0.2) is 0 Å². The van der Waals surface area contributed by atoms with Crippen molar-refractivity contribution in [2.45, 2.75) is 32.7 Å². The minimum absolute atomic E-state index is 0.00301. The van der Waals surface area contributed by atoms with E-state index in [0.29, 0.717) is 16.5 Å². The number of carboxylic acid groups (broad SMARTS) is 1. The van der Waals surface area contributed by atoms with Gasteiger partial charge in [0.05, 0.1) is 24.0 Å². The molecule has 1 heterocycles. The molecule has 0 bridgehead atoms. The third-order valence-electron chi connectivity index (χ3n) is 4.91. The van der Waals surface area contributed by atoms with E-state index < -0.39 is 23.5 Å². The van der Waals surface area contributed by atoms with Crippen molar-refractivity contribution in [3.05, 3.63) is 75.1 Å². The highest BCUT2D eigenvalue weighted by atomic mass is 16.4. The zero-order valence-electron chi connectivity index (χ0n) is 16.0. The van der Waals surface area contributed by atoms with Gasteiger partial charge in [-0.15, -0.1) is 0 Å². The Morgan fingerprint density at radius 3 is 2.45 bits per heavy atom. The normalized spacial score (nSPS) is 11.9. The number of nitrogens with one attached hydrogen (secondary N) is 1. The Labute approximate surface area is 166 Å². The zero-order valence-corrected chi connectivity index (χ0v) is 16.0. The number of hydrogen-bond acceptors (Lipinski definition) is 6. The number of aliphatic carboxylic acids is 1. The summed E-state index contributed by atoms with van der Waals surface area (Å²) in [6, 6.07) is 10.7. The van der Waals surface area contributed by atoms with Gasteiger partial charge in [-0.2, -0.15) is 0 Å². The van der Waals surface area contributed by atoms with E-state index in [-0.39, 0.29) is 29.7 Å². The van der Waals surface area contributed by atoms with E-state index in [2.05, 4.69) is 5.32 Å². The van der Waals surface area contributed by atoms with Crippen LogP contribution in [0.2, 0.25) is 0 Å². The average molecular weight is 394 g/mol. The van der Waals surface area contributed by atoms with Crippen LogP contribution in [0.1, 0.15) is 22.3 Å². The number of benzene rings is 2. The molecule has 1 atom stereocenters. The quantitative estimate of drug-likeness (QED) is 0.605. The fraction of sp³-hybridized carbons (Fsp3) is 0.227. The summed E-state index contributed by atoms with van der Waals surface area (Å²) >= 11 is 0. The molecule has 3 rings (SSSR count). The summed E-state index contributed by atoms with van der Waals surface area (Å²) in [7, 11) is 0. The van der Waals surface area contributed by atoms with Crippen LogP contribution in [0.25, 0.3) is 11.0 Å². The lowest BCUT2D eigenvalue weighted by Crippen LogP contribution is -2.49. The van der Waals surface area contributed by atoms with Crippen LogP contribution in [0.4, 0.5) is 0 Å². The molecule has 0 saturated carbocycles. The maximum absolute atomic E-state index is 12.5. The van der Waals surface area contributed by atoms with Gasteiger partial charge in [0.1, 0.15) is 11.3 Å². The number of amides is 1. The molecule has 0 spiro atoms. The number of carbonyl (C=O) groups excluding carboxylic acids is 2. The summed E-state index contributed by atoms with van der Waals surface area (Å²) < 4.78 is 5.31. The highest BCUT2D eigenvalue weighted by molar-refractivity contribution is 5.88. The molecule has 29 heavy (non-hydrogen) atoms. The van der Waals surface area contributed by atoms with Crippen molar-refractivity contribution in [3.8, 4) is 5.75 Å². The van der Waals surface area contributed by atoms with Crippen LogP contribution in [-0.2, 0) is 22.4 Å². The first-order chi connectivity index (χ1) is 13.8. The molecule has 1 aromatic heterocycles. The maximum atomic E-state index is 12.5. The molecule has 1 amide bonds. The Morgan fingerprint density at radius 1 is 1.10 bits per heavy atom. The molecule has 7 nitrogen and oxygen atoms in total. The number of phenolic OH excluding ortho intramolecular Hbond substituents is 1. The minimum atomic E-state index is -1.41. The predicted octanol–water partition coefficient (Wildman–Crippen LogP) is 1.14. The van der Waals surface area contributed by atoms with Crippen LogP contribution in [0.15, 0.2) is 51.7 Å². The Balaban J connectivity index is 1.84. The van der Waals surface area contributed by atoms with Gasteiger partial charge in [0, 0.05) is 10.9 Å². The third kappa shape index (κ3) is 4.29. The standard InChI is InChI=1S/C22H21NO6/c1-12-15-8-9-18(24)13(2)20(15)29-22(28)16(12)11-19(25)23-17(21(26)27)10-14-6-4-3-5-7-14/h3-9,17,24H,10-11H2,1-2H3,(H,23,25)(H,26,27)/p-1/t17-/m0/s1. The SMILES string of the molecule is Cc1c(CC(=O)N[C@@H](Cc2ccccc2)C(=O)[O-])c(=O)oc2c(C)c(O)ccc12. The van der Waals surface area contributed by atoms with Crippen LogP contribution in [-0.4, -0.2) is 23.0 Å². The number of fused-ring (bicyclic) bond motifs is 1. The van der Waals surface area contributed by atoms with E-state index in [1.54, 1.807) is 50.2 Å². The molecule has 7 heteroatoms. The van der Waals surface area contributed by atoms with Crippen LogP contribution in [0, 0.1) is 13.8 Å². The first-order valence-corrected chi connectivity index (χ1v) is 9.07. The lowest BCUT2D eigenvalue weighted by molar-refractivity contribution is -0.308. The molecule has 150 valence electrons. The smallest absolute Gasteiger partial charge is 0.340 e. The van der Waals surface area contributed by atoms with Crippen molar-refractivity contribution in [2.24, 2.45) is 0 Å². The molecule has 0 aliphatic rings. The highest BCUT2D eigenvalue weighted by Gasteiger charge is 2.19. The Morgan fingerprint density at radius 2 is 1.79 bits per heavy atom. The van der Waals surface area contributed by atoms with Gasteiger partial charge in [0.2, 0.25) is 5.91 Å². The molecule has 0 fully saturated rings. The maximum Gasteiger partial charge on any atom is 0.340 e. The largest absolute Gasteiger partial charge is 0.548 e. The van der Waals surface area contributed by atoms with Crippen LogP contribution in [0.5, 0.6) is 5.75 Å². The number of phenols is 1. The van der Waals surface area contributed by atoms with Crippen molar-refractivity contribution < 1.29 is 24.2 Å². The lowest BCUT2D eigenvalue weighted by atomic mass is 10.0. The summed E-state index contributed by atoms with van der Waals surface area (Å²) in [5.41, 5.74) is 1.40. The van der Waals surface area contributed by atoms with Crippen LogP contribution in [0.3, 0.4) is 0 Å². The monoisotopic (exact) mass is 394 g/mol. The van der Waals surface area contributed by atoms with Crippen molar-refractivity contribution in [3.63, 3.8) is 0 Å². The topological polar surface area (TPSA) is 120 Å². The van der Waals surface area contributed by atoms with E-state index in [1.165, 1.54) is 6.07 Å². The summed E-state index contributed by atoms with van der Waals surface area (Å²) in [6.45, 7) is 3.30. The number of aromatic hydroxyl groups is 1.